The van der Waals surface area contributed by atoms with Gasteiger partial charge in [0.1, 0.15) is 5.75 Å². The molecule has 24 heavy (non-hydrogen) atoms. The van der Waals surface area contributed by atoms with Gasteiger partial charge in [0.05, 0.1) is 13.5 Å². The SMILES string of the molecule is CCC(=O)N1CCN(C(=O)Cc2cc(C)c(OC)c(C)c2C)CC1. The lowest BCUT2D eigenvalue weighted by molar-refractivity contribution is -0.139. The van der Waals surface area contributed by atoms with Crippen molar-refractivity contribution in [2.75, 3.05) is 33.3 Å². The summed E-state index contributed by atoms with van der Waals surface area (Å²) >= 11 is 0. The first kappa shape index (κ1) is 18.3. The first-order valence-electron chi connectivity index (χ1n) is 8.58. The second-order valence-corrected chi connectivity index (χ2v) is 6.43. The van der Waals surface area contributed by atoms with Gasteiger partial charge < -0.3 is 14.5 Å². The van der Waals surface area contributed by atoms with Crippen LogP contribution in [0.5, 0.6) is 5.75 Å². The average Bonchev–Trinajstić information content (AvgIpc) is 2.59. The third-order valence-corrected chi connectivity index (χ3v) is 4.97. The van der Waals surface area contributed by atoms with E-state index in [9.17, 15) is 9.59 Å². The zero-order chi connectivity index (χ0) is 17.9. The molecule has 1 heterocycles. The van der Waals surface area contributed by atoms with Gasteiger partial charge in [0.25, 0.3) is 0 Å². The Kier molecular flexibility index (Phi) is 5.86. The number of aryl methyl sites for hydroxylation is 1. The third-order valence-electron chi connectivity index (χ3n) is 4.97. The van der Waals surface area contributed by atoms with Gasteiger partial charge >= 0.3 is 0 Å². The molecule has 0 aromatic heterocycles. The largest absolute Gasteiger partial charge is 0.496 e. The Hall–Kier alpha value is -2.04. The smallest absolute Gasteiger partial charge is 0.227 e. The molecule has 1 saturated heterocycles. The molecule has 5 heteroatoms. The van der Waals surface area contributed by atoms with Crippen LogP contribution in [0.1, 0.15) is 35.6 Å². The van der Waals surface area contributed by atoms with E-state index in [2.05, 4.69) is 6.07 Å². The number of methoxy groups -OCH3 is 1. The Labute approximate surface area is 144 Å². The molecule has 2 rings (SSSR count). The van der Waals surface area contributed by atoms with Gasteiger partial charge in [-0.25, -0.2) is 0 Å². The summed E-state index contributed by atoms with van der Waals surface area (Å²) in [4.78, 5) is 28.1. The molecule has 2 amide bonds. The first-order chi connectivity index (χ1) is 11.4. The molecule has 0 saturated carbocycles. The zero-order valence-electron chi connectivity index (χ0n) is 15.4. The highest BCUT2D eigenvalue weighted by Gasteiger charge is 2.24. The summed E-state index contributed by atoms with van der Waals surface area (Å²) in [5.41, 5.74) is 4.33. The number of piperazine rings is 1. The van der Waals surface area contributed by atoms with Crippen molar-refractivity contribution in [3.05, 3.63) is 28.3 Å². The summed E-state index contributed by atoms with van der Waals surface area (Å²) in [5.74, 6) is 1.19. The molecule has 1 aliphatic rings. The van der Waals surface area contributed by atoms with Crippen molar-refractivity contribution in [1.82, 2.24) is 9.80 Å². The van der Waals surface area contributed by atoms with Crippen LogP contribution in [0.15, 0.2) is 6.07 Å². The minimum absolute atomic E-state index is 0.130. The van der Waals surface area contributed by atoms with E-state index < -0.39 is 0 Å². The summed E-state index contributed by atoms with van der Waals surface area (Å²) in [6.45, 7) is 10.5. The summed E-state index contributed by atoms with van der Waals surface area (Å²) in [5, 5.41) is 0. The van der Waals surface area contributed by atoms with E-state index in [0.29, 0.717) is 39.0 Å². The molecule has 0 aliphatic carbocycles. The molecule has 1 aliphatic heterocycles. The molecule has 1 aromatic carbocycles. The zero-order valence-corrected chi connectivity index (χ0v) is 15.4. The maximum absolute atomic E-state index is 12.6. The molecular weight excluding hydrogens is 304 g/mol. The number of rotatable bonds is 4. The highest BCUT2D eigenvalue weighted by Crippen LogP contribution is 2.29. The fourth-order valence-electron chi connectivity index (χ4n) is 3.34. The molecule has 5 nitrogen and oxygen atoms in total. The van der Waals surface area contributed by atoms with Crippen LogP contribution in [0.2, 0.25) is 0 Å². The third kappa shape index (κ3) is 3.71. The highest BCUT2D eigenvalue weighted by molar-refractivity contribution is 5.80. The molecule has 0 radical (unpaired) electrons. The minimum atomic E-state index is 0.130. The highest BCUT2D eigenvalue weighted by atomic mass is 16.5. The predicted octanol–water partition coefficient (Wildman–Crippen LogP) is 2.24. The number of carbonyl (C=O) groups excluding carboxylic acids is 2. The maximum Gasteiger partial charge on any atom is 0.227 e. The van der Waals surface area contributed by atoms with Crippen LogP contribution in [0, 0.1) is 20.8 Å². The van der Waals surface area contributed by atoms with Gasteiger partial charge in [-0.2, -0.15) is 0 Å². The van der Waals surface area contributed by atoms with Crippen molar-refractivity contribution in [3.63, 3.8) is 0 Å². The van der Waals surface area contributed by atoms with Crippen molar-refractivity contribution >= 4 is 11.8 Å². The van der Waals surface area contributed by atoms with Crippen molar-refractivity contribution in [2.24, 2.45) is 0 Å². The molecule has 0 atom stereocenters. The molecule has 1 fully saturated rings. The van der Waals surface area contributed by atoms with Crippen LogP contribution in [0.3, 0.4) is 0 Å². The van der Waals surface area contributed by atoms with E-state index in [1.54, 1.807) is 7.11 Å². The number of hydrogen-bond acceptors (Lipinski definition) is 3. The first-order valence-corrected chi connectivity index (χ1v) is 8.58. The number of ether oxygens (including phenoxy) is 1. The van der Waals surface area contributed by atoms with E-state index in [-0.39, 0.29) is 11.8 Å². The molecular formula is C19H28N2O3. The fraction of sp³-hybridized carbons (Fsp3) is 0.579. The number of hydrogen-bond donors (Lipinski definition) is 0. The van der Waals surface area contributed by atoms with Gasteiger partial charge in [0.15, 0.2) is 0 Å². The lowest BCUT2D eigenvalue weighted by Crippen LogP contribution is -2.50. The second kappa shape index (κ2) is 7.69. The van der Waals surface area contributed by atoms with Crippen molar-refractivity contribution in [3.8, 4) is 5.75 Å². The maximum atomic E-state index is 12.6. The Morgan fingerprint density at radius 3 is 2.04 bits per heavy atom. The van der Waals surface area contributed by atoms with E-state index in [4.69, 9.17) is 4.74 Å². The Morgan fingerprint density at radius 2 is 1.54 bits per heavy atom. The Balaban J connectivity index is 2.05. The van der Waals surface area contributed by atoms with E-state index in [1.807, 2.05) is 37.5 Å². The van der Waals surface area contributed by atoms with Gasteiger partial charge in [0.2, 0.25) is 11.8 Å². The predicted molar refractivity (Wildman–Crippen MR) is 94.4 cm³/mol. The van der Waals surface area contributed by atoms with Gasteiger partial charge in [-0.3, -0.25) is 9.59 Å². The second-order valence-electron chi connectivity index (χ2n) is 6.43. The molecule has 132 valence electrons. The summed E-state index contributed by atoms with van der Waals surface area (Å²) in [6.07, 6.45) is 0.927. The number of amides is 2. The molecule has 0 unspecified atom stereocenters. The molecule has 1 aromatic rings. The molecule has 0 bridgehead atoms. The van der Waals surface area contributed by atoms with Gasteiger partial charge in [-0.15, -0.1) is 0 Å². The lowest BCUT2D eigenvalue weighted by atomic mass is 9.96. The van der Waals surface area contributed by atoms with Gasteiger partial charge in [0, 0.05) is 32.6 Å². The lowest BCUT2D eigenvalue weighted by Gasteiger charge is -2.35. The standard InChI is InChI=1S/C19H28N2O3/c1-6-17(22)20-7-9-21(10-8-20)18(23)12-16-11-13(2)19(24-5)15(4)14(16)3/h11H,6-10,12H2,1-5H3. The van der Waals surface area contributed by atoms with E-state index in [1.165, 1.54) is 0 Å². The summed E-state index contributed by atoms with van der Waals surface area (Å²) in [7, 11) is 1.68. The fourth-order valence-corrected chi connectivity index (χ4v) is 3.34. The average molecular weight is 332 g/mol. The number of carbonyl (C=O) groups is 2. The van der Waals surface area contributed by atoms with Crippen LogP contribution in [-0.4, -0.2) is 54.9 Å². The number of nitrogens with zero attached hydrogens (tertiary/aromatic N) is 2. The van der Waals surface area contributed by atoms with Crippen molar-refractivity contribution in [1.29, 1.82) is 0 Å². The summed E-state index contributed by atoms with van der Waals surface area (Å²) in [6, 6.07) is 2.05. The van der Waals surface area contributed by atoms with Gasteiger partial charge in [-0.1, -0.05) is 13.0 Å². The van der Waals surface area contributed by atoms with Crippen LogP contribution in [-0.2, 0) is 16.0 Å². The van der Waals surface area contributed by atoms with E-state index >= 15 is 0 Å². The molecule has 0 N–H and O–H groups in total. The van der Waals surface area contributed by atoms with E-state index in [0.717, 1.165) is 28.0 Å². The topological polar surface area (TPSA) is 49.9 Å². The Bertz CT molecular complexity index is 632. The van der Waals surface area contributed by atoms with Crippen LogP contribution < -0.4 is 4.74 Å². The monoisotopic (exact) mass is 332 g/mol. The normalized spacial score (nSPS) is 14.7. The van der Waals surface area contributed by atoms with Crippen LogP contribution >= 0.6 is 0 Å². The van der Waals surface area contributed by atoms with Crippen molar-refractivity contribution in [2.45, 2.75) is 40.5 Å². The van der Waals surface area contributed by atoms with Crippen LogP contribution in [0.4, 0.5) is 0 Å². The van der Waals surface area contributed by atoms with Crippen LogP contribution in [0.25, 0.3) is 0 Å². The summed E-state index contributed by atoms with van der Waals surface area (Å²) < 4.78 is 5.44. The minimum Gasteiger partial charge on any atom is -0.496 e. The number of benzene rings is 1. The molecule has 0 spiro atoms. The van der Waals surface area contributed by atoms with Gasteiger partial charge in [-0.05, 0) is 43.0 Å². The quantitative estimate of drug-likeness (QED) is 0.850. The Morgan fingerprint density at radius 1 is 1.00 bits per heavy atom. The van der Waals surface area contributed by atoms with Crippen molar-refractivity contribution < 1.29 is 14.3 Å².